The van der Waals surface area contributed by atoms with Crippen molar-refractivity contribution in [2.45, 2.75) is 27.7 Å². The number of hydrogen-bond donors (Lipinski definition) is 1. The molecule has 1 N–H and O–H groups in total. The van der Waals surface area contributed by atoms with Gasteiger partial charge in [-0.2, -0.15) is 0 Å². The van der Waals surface area contributed by atoms with Crippen molar-refractivity contribution in [2.75, 3.05) is 12.4 Å². The van der Waals surface area contributed by atoms with Crippen molar-refractivity contribution >= 4 is 11.6 Å². The van der Waals surface area contributed by atoms with Crippen LogP contribution in [0.5, 0.6) is 5.75 Å². The van der Waals surface area contributed by atoms with E-state index >= 15 is 0 Å². The van der Waals surface area contributed by atoms with Gasteiger partial charge in [-0.15, -0.1) is 0 Å². The molecule has 1 rings (SSSR count). The van der Waals surface area contributed by atoms with Crippen LogP contribution in [0.4, 0.5) is 5.69 Å². The van der Waals surface area contributed by atoms with E-state index in [0.717, 1.165) is 5.69 Å². The molecule has 0 aromatic heterocycles. The molecule has 0 saturated heterocycles. The van der Waals surface area contributed by atoms with Gasteiger partial charge >= 0.3 is 0 Å². The summed E-state index contributed by atoms with van der Waals surface area (Å²) in [5, 5.41) is 2.90. The van der Waals surface area contributed by atoms with Crippen molar-refractivity contribution in [2.24, 2.45) is 11.3 Å². The molecule has 3 heteroatoms. The van der Waals surface area contributed by atoms with E-state index in [1.165, 1.54) is 0 Å². The molecule has 0 aliphatic rings. The maximum absolute atomic E-state index is 12.1. The van der Waals surface area contributed by atoms with Gasteiger partial charge in [-0.3, -0.25) is 4.79 Å². The zero-order valence-electron chi connectivity index (χ0n) is 11.2. The number of carbonyl (C=O) groups is 1. The quantitative estimate of drug-likeness (QED) is 0.872. The predicted molar refractivity (Wildman–Crippen MR) is 70.2 cm³/mol. The van der Waals surface area contributed by atoms with Crippen LogP contribution in [0.25, 0.3) is 0 Å². The highest BCUT2D eigenvalue weighted by molar-refractivity contribution is 5.94. The largest absolute Gasteiger partial charge is 0.495 e. The van der Waals surface area contributed by atoms with Gasteiger partial charge in [0, 0.05) is 5.92 Å². The molecule has 0 aliphatic heterocycles. The van der Waals surface area contributed by atoms with E-state index in [1.54, 1.807) is 7.11 Å². The van der Waals surface area contributed by atoms with Gasteiger partial charge in [-0.25, -0.2) is 0 Å². The maximum atomic E-state index is 12.1. The van der Waals surface area contributed by atoms with Crippen molar-refractivity contribution in [3.05, 3.63) is 24.3 Å². The molecule has 0 aliphatic carbocycles. The van der Waals surface area contributed by atoms with Gasteiger partial charge in [0.05, 0.1) is 12.8 Å². The van der Waals surface area contributed by atoms with Crippen molar-refractivity contribution in [3.63, 3.8) is 0 Å². The number of hydrogen-bond acceptors (Lipinski definition) is 2. The summed E-state index contributed by atoms with van der Waals surface area (Å²) in [5.41, 5.74) is 0.669. The molecule has 0 spiro atoms. The lowest BCUT2D eigenvalue weighted by Gasteiger charge is -2.26. The Balaban J connectivity index is 2.81. The summed E-state index contributed by atoms with van der Waals surface area (Å²) < 4.78 is 5.20. The Morgan fingerprint density at radius 3 is 2.41 bits per heavy atom. The molecular formula is C14H21NO2. The maximum Gasteiger partial charge on any atom is 0.227 e. The fraction of sp³-hybridized carbons (Fsp3) is 0.500. The molecule has 17 heavy (non-hydrogen) atoms. The van der Waals surface area contributed by atoms with Crippen LogP contribution < -0.4 is 10.1 Å². The van der Waals surface area contributed by atoms with Gasteiger partial charge in [0.25, 0.3) is 0 Å². The summed E-state index contributed by atoms with van der Waals surface area (Å²) in [6.07, 6.45) is 0. The second kappa shape index (κ2) is 5.21. The van der Waals surface area contributed by atoms with E-state index in [2.05, 4.69) is 26.1 Å². The lowest BCUT2D eigenvalue weighted by molar-refractivity contribution is -0.122. The summed E-state index contributed by atoms with van der Waals surface area (Å²) in [5.74, 6) is 0.636. The third kappa shape index (κ3) is 3.48. The number of carbonyl (C=O) groups excluding carboxylic acids is 1. The van der Waals surface area contributed by atoms with E-state index in [1.807, 2.05) is 31.2 Å². The summed E-state index contributed by atoms with van der Waals surface area (Å²) in [4.78, 5) is 12.1. The number of anilines is 1. The molecule has 1 atom stereocenters. The minimum absolute atomic E-state index is 0.0157. The van der Waals surface area contributed by atoms with Crippen LogP contribution in [0.1, 0.15) is 27.7 Å². The molecule has 0 heterocycles. The van der Waals surface area contributed by atoms with Crippen molar-refractivity contribution in [1.29, 1.82) is 0 Å². The Morgan fingerprint density at radius 1 is 1.29 bits per heavy atom. The highest BCUT2D eigenvalue weighted by Gasteiger charge is 2.27. The number of para-hydroxylation sites is 2. The monoisotopic (exact) mass is 235 g/mol. The predicted octanol–water partition coefficient (Wildman–Crippen LogP) is 3.32. The first-order valence-corrected chi connectivity index (χ1v) is 5.80. The van der Waals surface area contributed by atoms with Gasteiger partial charge in [-0.05, 0) is 17.5 Å². The molecule has 1 unspecified atom stereocenters. The first-order chi connectivity index (χ1) is 7.86. The fourth-order valence-corrected chi connectivity index (χ4v) is 1.38. The summed E-state index contributed by atoms with van der Waals surface area (Å²) in [6.45, 7) is 8.10. The van der Waals surface area contributed by atoms with Crippen LogP contribution in [-0.4, -0.2) is 13.0 Å². The van der Waals surface area contributed by atoms with Gasteiger partial charge in [0.2, 0.25) is 5.91 Å². The normalized spacial score (nSPS) is 13.0. The van der Waals surface area contributed by atoms with Gasteiger partial charge in [-0.1, -0.05) is 39.8 Å². The van der Waals surface area contributed by atoms with Crippen LogP contribution in [0.15, 0.2) is 24.3 Å². The van der Waals surface area contributed by atoms with E-state index in [4.69, 9.17) is 4.74 Å². The molecular weight excluding hydrogens is 214 g/mol. The topological polar surface area (TPSA) is 38.3 Å². The first kappa shape index (κ1) is 13.6. The smallest absolute Gasteiger partial charge is 0.227 e. The number of benzene rings is 1. The number of nitrogens with one attached hydrogen (secondary N) is 1. The zero-order chi connectivity index (χ0) is 13.1. The third-order valence-electron chi connectivity index (χ3n) is 3.06. The Bertz CT molecular complexity index is 393. The van der Waals surface area contributed by atoms with Crippen LogP contribution in [0.3, 0.4) is 0 Å². The molecule has 0 saturated carbocycles. The van der Waals surface area contributed by atoms with Crippen LogP contribution in [0.2, 0.25) is 0 Å². The Morgan fingerprint density at radius 2 is 1.88 bits per heavy atom. The van der Waals surface area contributed by atoms with Crippen LogP contribution in [-0.2, 0) is 4.79 Å². The Kier molecular flexibility index (Phi) is 4.16. The molecule has 0 radical (unpaired) electrons. The molecule has 1 aromatic carbocycles. The average molecular weight is 235 g/mol. The Hall–Kier alpha value is -1.51. The highest BCUT2D eigenvalue weighted by atomic mass is 16.5. The number of amides is 1. The molecule has 1 aromatic rings. The van der Waals surface area contributed by atoms with E-state index in [9.17, 15) is 4.79 Å². The minimum atomic E-state index is -0.0626. The van der Waals surface area contributed by atoms with Gasteiger partial charge in [0.1, 0.15) is 5.75 Å². The second-order valence-electron chi connectivity index (χ2n) is 5.28. The number of rotatable bonds is 3. The summed E-state index contributed by atoms with van der Waals surface area (Å²) in [7, 11) is 1.60. The number of methoxy groups -OCH3 is 1. The van der Waals surface area contributed by atoms with E-state index < -0.39 is 0 Å². The van der Waals surface area contributed by atoms with Gasteiger partial charge in [0.15, 0.2) is 0 Å². The van der Waals surface area contributed by atoms with Gasteiger partial charge < -0.3 is 10.1 Å². The van der Waals surface area contributed by atoms with Crippen molar-refractivity contribution in [3.8, 4) is 5.75 Å². The molecule has 0 fully saturated rings. The third-order valence-corrected chi connectivity index (χ3v) is 3.06. The van der Waals surface area contributed by atoms with E-state index in [-0.39, 0.29) is 17.2 Å². The lowest BCUT2D eigenvalue weighted by atomic mass is 9.81. The molecule has 94 valence electrons. The second-order valence-corrected chi connectivity index (χ2v) is 5.28. The fourth-order valence-electron chi connectivity index (χ4n) is 1.38. The average Bonchev–Trinajstić information content (AvgIpc) is 2.27. The zero-order valence-corrected chi connectivity index (χ0v) is 11.2. The lowest BCUT2D eigenvalue weighted by Crippen LogP contribution is -2.30. The molecule has 1 amide bonds. The first-order valence-electron chi connectivity index (χ1n) is 5.80. The standard InChI is InChI=1S/C14H21NO2/c1-10(14(2,3)4)13(16)15-11-8-6-7-9-12(11)17-5/h6-10H,1-5H3,(H,15,16). The van der Waals surface area contributed by atoms with Crippen LogP contribution >= 0.6 is 0 Å². The van der Waals surface area contributed by atoms with Crippen molar-refractivity contribution in [1.82, 2.24) is 0 Å². The molecule has 3 nitrogen and oxygen atoms in total. The summed E-state index contributed by atoms with van der Waals surface area (Å²) >= 11 is 0. The SMILES string of the molecule is COc1ccccc1NC(=O)C(C)C(C)(C)C. The Labute approximate surface area is 103 Å². The highest BCUT2D eigenvalue weighted by Crippen LogP contribution is 2.29. The summed E-state index contributed by atoms with van der Waals surface area (Å²) in [6, 6.07) is 7.42. The minimum Gasteiger partial charge on any atom is -0.495 e. The van der Waals surface area contributed by atoms with Crippen molar-refractivity contribution < 1.29 is 9.53 Å². The molecule has 0 bridgehead atoms. The number of ether oxygens (including phenoxy) is 1. The van der Waals surface area contributed by atoms with E-state index in [0.29, 0.717) is 5.75 Å². The van der Waals surface area contributed by atoms with Crippen LogP contribution in [0, 0.1) is 11.3 Å².